The molecule has 1 aromatic rings. The SMILES string of the molecule is CC[C@H]1CC[C@H](c2ccc(OC(F)(F)F)cc2)CC1. The lowest BCUT2D eigenvalue weighted by molar-refractivity contribution is -0.274. The lowest BCUT2D eigenvalue weighted by Gasteiger charge is -2.28. The van der Waals surface area contributed by atoms with Crippen molar-refractivity contribution in [2.75, 3.05) is 0 Å². The van der Waals surface area contributed by atoms with E-state index in [-0.39, 0.29) is 5.75 Å². The van der Waals surface area contributed by atoms with E-state index in [4.69, 9.17) is 0 Å². The fraction of sp³-hybridized carbons (Fsp3) is 0.600. The van der Waals surface area contributed by atoms with Gasteiger partial charge in [-0.2, -0.15) is 0 Å². The Balaban J connectivity index is 1.95. The summed E-state index contributed by atoms with van der Waals surface area (Å²) in [6.45, 7) is 2.22. The normalized spacial score (nSPS) is 24.2. The smallest absolute Gasteiger partial charge is 0.406 e. The zero-order chi connectivity index (χ0) is 13.9. The molecular weight excluding hydrogens is 253 g/mol. The Labute approximate surface area is 111 Å². The van der Waals surface area contributed by atoms with Gasteiger partial charge in [-0.25, -0.2) is 0 Å². The van der Waals surface area contributed by atoms with Crippen LogP contribution in [0.4, 0.5) is 13.2 Å². The Kier molecular flexibility index (Phi) is 4.38. The van der Waals surface area contributed by atoms with Crippen molar-refractivity contribution < 1.29 is 17.9 Å². The van der Waals surface area contributed by atoms with Gasteiger partial charge in [-0.05, 0) is 55.2 Å². The number of rotatable bonds is 3. The average Bonchev–Trinajstić information content (AvgIpc) is 2.38. The standard InChI is InChI=1S/C15H19F3O/c1-2-11-3-5-12(6-4-11)13-7-9-14(10-8-13)19-15(16,17)18/h7-12H,2-6H2,1H3/t11-,12-. The fourth-order valence-corrected chi connectivity index (χ4v) is 2.85. The molecule has 1 nitrogen and oxygen atoms in total. The number of hydrogen-bond acceptors (Lipinski definition) is 1. The lowest BCUT2D eigenvalue weighted by Crippen LogP contribution is -2.17. The predicted octanol–water partition coefficient (Wildman–Crippen LogP) is 5.27. The molecule has 0 amide bonds. The third-order valence-electron chi connectivity index (χ3n) is 4.01. The molecule has 0 bridgehead atoms. The van der Waals surface area contributed by atoms with Gasteiger partial charge in [-0.3, -0.25) is 0 Å². The van der Waals surface area contributed by atoms with Crippen molar-refractivity contribution in [1.29, 1.82) is 0 Å². The lowest BCUT2D eigenvalue weighted by atomic mass is 9.78. The van der Waals surface area contributed by atoms with Gasteiger partial charge in [0.2, 0.25) is 0 Å². The summed E-state index contributed by atoms with van der Waals surface area (Å²) in [6, 6.07) is 6.35. The number of halogens is 3. The van der Waals surface area contributed by atoms with Crippen LogP contribution in [0.2, 0.25) is 0 Å². The van der Waals surface area contributed by atoms with Gasteiger partial charge in [0.25, 0.3) is 0 Å². The molecule has 1 aliphatic carbocycles. The van der Waals surface area contributed by atoms with Gasteiger partial charge in [0.05, 0.1) is 0 Å². The van der Waals surface area contributed by atoms with Crippen LogP contribution in [0.5, 0.6) is 5.75 Å². The molecule has 0 heterocycles. The summed E-state index contributed by atoms with van der Waals surface area (Å²) in [4.78, 5) is 0. The fourth-order valence-electron chi connectivity index (χ4n) is 2.85. The number of benzene rings is 1. The van der Waals surface area contributed by atoms with E-state index in [0.29, 0.717) is 5.92 Å². The third kappa shape index (κ3) is 4.15. The molecule has 4 heteroatoms. The first-order valence-corrected chi connectivity index (χ1v) is 6.83. The highest BCUT2D eigenvalue weighted by Crippen LogP contribution is 2.37. The Morgan fingerprint density at radius 1 is 1.05 bits per heavy atom. The van der Waals surface area contributed by atoms with E-state index in [0.717, 1.165) is 24.3 Å². The van der Waals surface area contributed by atoms with Gasteiger partial charge in [0.1, 0.15) is 5.75 Å². The maximum Gasteiger partial charge on any atom is 0.573 e. The molecule has 0 spiro atoms. The molecule has 0 aliphatic heterocycles. The largest absolute Gasteiger partial charge is 0.573 e. The summed E-state index contributed by atoms with van der Waals surface area (Å²) in [5.41, 5.74) is 1.13. The summed E-state index contributed by atoms with van der Waals surface area (Å²) in [5.74, 6) is 1.17. The monoisotopic (exact) mass is 272 g/mol. The van der Waals surface area contributed by atoms with Crippen LogP contribution >= 0.6 is 0 Å². The Hall–Kier alpha value is -1.19. The van der Waals surface area contributed by atoms with E-state index in [1.165, 1.54) is 31.4 Å². The van der Waals surface area contributed by atoms with E-state index < -0.39 is 6.36 Å². The minimum absolute atomic E-state index is 0.140. The van der Waals surface area contributed by atoms with Crippen LogP contribution in [-0.4, -0.2) is 6.36 Å². The van der Waals surface area contributed by atoms with Gasteiger partial charge < -0.3 is 4.74 Å². The highest BCUT2D eigenvalue weighted by Gasteiger charge is 2.31. The zero-order valence-corrected chi connectivity index (χ0v) is 11.0. The van der Waals surface area contributed by atoms with Crippen molar-refractivity contribution in [3.63, 3.8) is 0 Å². The average molecular weight is 272 g/mol. The highest BCUT2D eigenvalue weighted by atomic mass is 19.4. The summed E-state index contributed by atoms with van der Waals surface area (Å²) in [6.07, 6.45) is 1.34. The molecule has 0 N–H and O–H groups in total. The molecule has 2 rings (SSSR count). The molecule has 1 fully saturated rings. The molecular formula is C15H19F3O. The topological polar surface area (TPSA) is 9.23 Å². The zero-order valence-electron chi connectivity index (χ0n) is 11.0. The molecule has 0 atom stereocenters. The maximum atomic E-state index is 12.1. The molecule has 106 valence electrons. The molecule has 0 unspecified atom stereocenters. The van der Waals surface area contributed by atoms with Crippen molar-refractivity contribution in [2.45, 2.75) is 51.3 Å². The van der Waals surface area contributed by atoms with E-state index >= 15 is 0 Å². The minimum Gasteiger partial charge on any atom is -0.406 e. The van der Waals surface area contributed by atoms with Crippen LogP contribution < -0.4 is 4.74 Å². The number of hydrogen-bond donors (Lipinski definition) is 0. The Morgan fingerprint density at radius 2 is 1.63 bits per heavy atom. The second-order valence-electron chi connectivity index (χ2n) is 5.24. The van der Waals surface area contributed by atoms with Crippen molar-refractivity contribution in [3.05, 3.63) is 29.8 Å². The van der Waals surface area contributed by atoms with Gasteiger partial charge in [0, 0.05) is 0 Å². The van der Waals surface area contributed by atoms with Gasteiger partial charge in [-0.15, -0.1) is 13.2 Å². The minimum atomic E-state index is -4.61. The first kappa shape index (κ1) is 14.2. The van der Waals surface area contributed by atoms with E-state index in [1.54, 1.807) is 12.1 Å². The van der Waals surface area contributed by atoms with Crippen LogP contribution in [0.3, 0.4) is 0 Å². The molecule has 0 saturated heterocycles. The van der Waals surface area contributed by atoms with Crippen LogP contribution in [0.25, 0.3) is 0 Å². The molecule has 1 saturated carbocycles. The summed E-state index contributed by atoms with van der Waals surface area (Å²) in [7, 11) is 0. The summed E-state index contributed by atoms with van der Waals surface area (Å²) >= 11 is 0. The molecule has 19 heavy (non-hydrogen) atoms. The number of alkyl halides is 3. The van der Waals surface area contributed by atoms with E-state index in [9.17, 15) is 13.2 Å². The second kappa shape index (κ2) is 5.85. The maximum absolute atomic E-state index is 12.1. The first-order chi connectivity index (χ1) is 8.98. The summed E-state index contributed by atoms with van der Waals surface area (Å²) in [5, 5.41) is 0. The Morgan fingerprint density at radius 3 is 2.11 bits per heavy atom. The van der Waals surface area contributed by atoms with Gasteiger partial charge in [-0.1, -0.05) is 25.5 Å². The summed E-state index contributed by atoms with van der Waals surface area (Å²) < 4.78 is 40.0. The van der Waals surface area contributed by atoms with E-state index in [1.807, 2.05) is 0 Å². The predicted molar refractivity (Wildman–Crippen MR) is 68.1 cm³/mol. The van der Waals surface area contributed by atoms with Crippen LogP contribution in [0.15, 0.2) is 24.3 Å². The van der Waals surface area contributed by atoms with Gasteiger partial charge >= 0.3 is 6.36 Å². The first-order valence-electron chi connectivity index (χ1n) is 6.83. The van der Waals surface area contributed by atoms with Crippen LogP contribution in [0.1, 0.15) is 50.5 Å². The molecule has 1 aromatic carbocycles. The van der Waals surface area contributed by atoms with Crippen LogP contribution in [-0.2, 0) is 0 Å². The van der Waals surface area contributed by atoms with Crippen molar-refractivity contribution in [3.8, 4) is 5.75 Å². The van der Waals surface area contributed by atoms with Crippen molar-refractivity contribution in [2.24, 2.45) is 5.92 Å². The molecule has 1 aliphatic rings. The Bertz CT molecular complexity index is 389. The quantitative estimate of drug-likeness (QED) is 0.728. The molecule has 0 radical (unpaired) electrons. The third-order valence-corrected chi connectivity index (χ3v) is 4.01. The highest BCUT2D eigenvalue weighted by molar-refractivity contribution is 5.29. The van der Waals surface area contributed by atoms with Crippen LogP contribution in [0, 0.1) is 5.92 Å². The van der Waals surface area contributed by atoms with Gasteiger partial charge in [0.15, 0.2) is 0 Å². The number of ether oxygens (including phenoxy) is 1. The van der Waals surface area contributed by atoms with E-state index in [2.05, 4.69) is 11.7 Å². The van der Waals surface area contributed by atoms with Crippen molar-refractivity contribution in [1.82, 2.24) is 0 Å². The molecule has 0 aromatic heterocycles. The van der Waals surface area contributed by atoms with Crippen molar-refractivity contribution >= 4 is 0 Å². The second-order valence-corrected chi connectivity index (χ2v) is 5.24.